The first kappa shape index (κ1) is 23.1. The highest BCUT2D eigenvalue weighted by molar-refractivity contribution is 5.94. The van der Waals surface area contributed by atoms with Crippen molar-refractivity contribution in [1.82, 2.24) is 10.6 Å². The number of benzene rings is 1. The summed E-state index contributed by atoms with van der Waals surface area (Å²) >= 11 is 0. The van der Waals surface area contributed by atoms with E-state index in [1.807, 2.05) is 27.0 Å². The lowest BCUT2D eigenvalue weighted by atomic mass is 10.1. The third-order valence-corrected chi connectivity index (χ3v) is 4.28. The predicted octanol–water partition coefficient (Wildman–Crippen LogP) is 4.96. The summed E-state index contributed by atoms with van der Waals surface area (Å²) in [5.74, 6) is 0.886. The predicted molar refractivity (Wildman–Crippen MR) is 121 cm³/mol. The van der Waals surface area contributed by atoms with Gasteiger partial charge < -0.3 is 16.0 Å². The lowest BCUT2D eigenvalue weighted by molar-refractivity contribution is 0.520. The van der Waals surface area contributed by atoms with E-state index in [-0.39, 0.29) is 0 Å². The maximum Gasteiger partial charge on any atom is 0.103 e. The highest BCUT2D eigenvalue weighted by atomic mass is 15.0. The average Bonchev–Trinajstić information content (AvgIpc) is 3.08. The maximum atomic E-state index is 4.45. The maximum absolute atomic E-state index is 4.45. The van der Waals surface area contributed by atoms with E-state index in [4.69, 9.17) is 0 Å². The van der Waals surface area contributed by atoms with E-state index in [9.17, 15) is 0 Å². The lowest BCUT2D eigenvalue weighted by Crippen LogP contribution is -2.21. The highest BCUT2D eigenvalue weighted by Gasteiger charge is 2.09. The Morgan fingerprint density at radius 2 is 1.63 bits per heavy atom. The second kappa shape index (κ2) is 13.3. The zero-order valence-electron chi connectivity index (χ0n) is 17.9. The number of aryl methyl sites for hydroxylation is 2. The molecule has 0 aliphatic carbocycles. The molecule has 1 aromatic rings. The molecule has 150 valence electrons. The normalized spacial score (nSPS) is 18.3. The molecule has 0 unspecified atom stereocenters. The number of rotatable bonds is 2. The second-order valence-corrected chi connectivity index (χ2v) is 6.89. The Labute approximate surface area is 166 Å². The van der Waals surface area contributed by atoms with Crippen LogP contribution in [0.1, 0.15) is 51.2 Å². The molecule has 2 aliphatic heterocycles. The van der Waals surface area contributed by atoms with Gasteiger partial charge in [0.15, 0.2) is 0 Å². The van der Waals surface area contributed by atoms with Gasteiger partial charge in [-0.3, -0.25) is 0 Å². The average molecular weight is 371 g/mol. The number of hydrogen-bond acceptors (Lipinski definition) is 3. The van der Waals surface area contributed by atoms with Crippen LogP contribution in [0.3, 0.4) is 0 Å². The molecule has 0 radical (unpaired) electrons. The summed E-state index contributed by atoms with van der Waals surface area (Å²) in [6, 6.07) is 6.40. The first-order chi connectivity index (χ1) is 13.0. The summed E-state index contributed by atoms with van der Waals surface area (Å²) in [4.78, 5) is 4.45. The Balaban J connectivity index is 0.000000381. The van der Waals surface area contributed by atoms with Crippen LogP contribution in [0.4, 0.5) is 5.69 Å². The molecule has 0 saturated carbocycles. The molecule has 3 rings (SSSR count). The monoisotopic (exact) mass is 370 g/mol. The van der Waals surface area contributed by atoms with Gasteiger partial charge in [0, 0.05) is 25.0 Å². The third kappa shape index (κ3) is 9.55. The molecule has 4 nitrogen and oxygen atoms in total. The van der Waals surface area contributed by atoms with E-state index < -0.39 is 0 Å². The molecule has 4 heteroatoms. The van der Waals surface area contributed by atoms with Gasteiger partial charge in [0.05, 0.1) is 0 Å². The number of hydrogen-bond donors (Lipinski definition) is 3. The number of nitrogens with one attached hydrogen (secondary N) is 3. The number of anilines is 1. The molecule has 0 aromatic heterocycles. The standard InChI is InChI=1S/C16H21N3.C5H11N.C2H6/c1-11-5-12(2)7-16(6-11)19-14(4)18-10-15-9-17-8-13(15)3;1-2-4-6-5-3-1;1-2/h5-7,10,17H,3,8-9H2,1-2,4H3,(H,18,19);6H,1-5H2;1-2H3/b15-10-;;. The van der Waals surface area contributed by atoms with Crippen molar-refractivity contribution < 1.29 is 0 Å². The summed E-state index contributed by atoms with van der Waals surface area (Å²) in [7, 11) is 0. The van der Waals surface area contributed by atoms with Crippen LogP contribution in [0.2, 0.25) is 0 Å². The SMILES string of the molecule is C1CCNCC1.C=C1CNC/C1=C/N=C(C)Nc1cc(C)cc(C)c1.CC. The van der Waals surface area contributed by atoms with Gasteiger partial charge in [0.25, 0.3) is 0 Å². The summed E-state index contributed by atoms with van der Waals surface area (Å²) in [6.07, 6.45) is 6.11. The van der Waals surface area contributed by atoms with E-state index in [2.05, 4.69) is 59.6 Å². The van der Waals surface area contributed by atoms with Crippen LogP contribution in [0, 0.1) is 13.8 Å². The summed E-state index contributed by atoms with van der Waals surface area (Å²) < 4.78 is 0. The Bertz CT molecular complexity index is 608. The van der Waals surface area contributed by atoms with Crippen molar-refractivity contribution in [3.63, 3.8) is 0 Å². The number of aliphatic imine (C=N–C) groups is 1. The van der Waals surface area contributed by atoms with Crippen LogP contribution in [0.15, 0.2) is 47.1 Å². The van der Waals surface area contributed by atoms with Gasteiger partial charge in [0.1, 0.15) is 5.84 Å². The van der Waals surface area contributed by atoms with Crippen LogP contribution in [-0.2, 0) is 0 Å². The molecule has 0 atom stereocenters. The van der Waals surface area contributed by atoms with E-state index in [0.29, 0.717) is 0 Å². The topological polar surface area (TPSA) is 48.5 Å². The molecule has 1 aromatic carbocycles. The van der Waals surface area contributed by atoms with Crippen molar-refractivity contribution >= 4 is 11.5 Å². The smallest absolute Gasteiger partial charge is 0.103 e. The Morgan fingerprint density at radius 3 is 2.07 bits per heavy atom. The van der Waals surface area contributed by atoms with Gasteiger partial charge in [-0.05, 0) is 81.1 Å². The molecule has 2 heterocycles. The van der Waals surface area contributed by atoms with Gasteiger partial charge in [-0.2, -0.15) is 0 Å². The van der Waals surface area contributed by atoms with Crippen LogP contribution in [-0.4, -0.2) is 32.0 Å². The minimum atomic E-state index is 0.860. The fraction of sp³-hybridized carbons (Fsp3) is 0.522. The minimum absolute atomic E-state index is 0.860. The third-order valence-electron chi connectivity index (χ3n) is 4.28. The molecule has 3 N–H and O–H groups in total. The molecule has 2 aliphatic rings. The summed E-state index contributed by atoms with van der Waals surface area (Å²) in [6.45, 7) is 18.4. The first-order valence-corrected chi connectivity index (χ1v) is 10.2. The first-order valence-electron chi connectivity index (χ1n) is 10.2. The van der Waals surface area contributed by atoms with E-state index >= 15 is 0 Å². The van der Waals surface area contributed by atoms with Crippen LogP contribution in [0.5, 0.6) is 0 Å². The summed E-state index contributed by atoms with van der Waals surface area (Å²) in [5.41, 5.74) is 5.90. The lowest BCUT2D eigenvalue weighted by Gasteiger charge is -2.08. The zero-order chi connectivity index (χ0) is 20.1. The fourth-order valence-electron chi connectivity index (χ4n) is 2.99. The number of piperidine rings is 1. The van der Waals surface area contributed by atoms with Crippen LogP contribution < -0.4 is 16.0 Å². The van der Waals surface area contributed by atoms with Gasteiger partial charge >= 0.3 is 0 Å². The molecule has 2 fully saturated rings. The molecule has 0 amide bonds. The van der Waals surface area contributed by atoms with Crippen molar-refractivity contribution in [3.8, 4) is 0 Å². The Hall–Kier alpha value is -1.91. The van der Waals surface area contributed by atoms with Crippen LogP contribution in [0.25, 0.3) is 0 Å². The number of nitrogens with zero attached hydrogens (tertiary/aromatic N) is 1. The molecule has 2 saturated heterocycles. The Kier molecular flexibility index (Phi) is 11.4. The quantitative estimate of drug-likeness (QED) is 0.509. The molecular weight excluding hydrogens is 332 g/mol. The van der Waals surface area contributed by atoms with E-state index in [0.717, 1.165) is 30.2 Å². The highest BCUT2D eigenvalue weighted by Crippen LogP contribution is 2.14. The van der Waals surface area contributed by atoms with Crippen LogP contribution >= 0.6 is 0 Å². The molecular formula is C23H38N4. The van der Waals surface area contributed by atoms with E-state index in [1.165, 1.54) is 49.1 Å². The second-order valence-electron chi connectivity index (χ2n) is 6.89. The van der Waals surface area contributed by atoms with Gasteiger partial charge in [-0.15, -0.1) is 0 Å². The van der Waals surface area contributed by atoms with E-state index in [1.54, 1.807) is 0 Å². The van der Waals surface area contributed by atoms with Crippen molar-refractivity contribution in [2.45, 2.75) is 53.9 Å². The molecule has 0 bridgehead atoms. The van der Waals surface area contributed by atoms with Gasteiger partial charge in [-0.1, -0.05) is 32.9 Å². The molecule has 27 heavy (non-hydrogen) atoms. The van der Waals surface area contributed by atoms with Crippen molar-refractivity contribution in [2.24, 2.45) is 4.99 Å². The largest absolute Gasteiger partial charge is 0.344 e. The minimum Gasteiger partial charge on any atom is -0.344 e. The zero-order valence-corrected chi connectivity index (χ0v) is 17.9. The molecule has 0 spiro atoms. The number of amidine groups is 1. The van der Waals surface area contributed by atoms with Crippen molar-refractivity contribution in [1.29, 1.82) is 0 Å². The van der Waals surface area contributed by atoms with Crippen molar-refractivity contribution in [3.05, 3.63) is 53.3 Å². The summed E-state index contributed by atoms with van der Waals surface area (Å²) in [5, 5.41) is 9.86. The van der Waals surface area contributed by atoms with Gasteiger partial charge in [-0.25, -0.2) is 4.99 Å². The Morgan fingerprint density at radius 1 is 1.00 bits per heavy atom. The van der Waals surface area contributed by atoms with Crippen molar-refractivity contribution in [2.75, 3.05) is 31.5 Å². The fourth-order valence-corrected chi connectivity index (χ4v) is 2.99. The van der Waals surface area contributed by atoms with Gasteiger partial charge in [0.2, 0.25) is 0 Å².